The van der Waals surface area contributed by atoms with Crippen LogP contribution < -0.4 is 10.1 Å². The van der Waals surface area contributed by atoms with Crippen molar-refractivity contribution in [3.05, 3.63) is 45.1 Å². The number of halogens is 1. The van der Waals surface area contributed by atoms with Crippen LogP contribution in [-0.2, 0) is 4.79 Å². The molecule has 2 aromatic rings. The average Bonchev–Trinajstić information content (AvgIpc) is 2.80. The minimum Gasteiger partial charge on any atom is -0.482 e. The Kier molecular flexibility index (Phi) is 4.82. The highest BCUT2D eigenvalue weighted by Gasteiger charge is 2.16. The van der Waals surface area contributed by atoms with Crippen molar-refractivity contribution in [2.45, 2.75) is 6.92 Å². The van der Waals surface area contributed by atoms with Crippen molar-refractivity contribution in [3.8, 4) is 5.75 Å². The fourth-order valence-electron chi connectivity index (χ4n) is 1.62. The number of thiophene rings is 1. The van der Waals surface area contributed by atoms with Crippen LogP contribution in [-0.4, -0.2) is 23.6 Å². The quantitative estimate of drug-likeness (QED) is 0.883. The highest BCUT2D eigenvalue weighted by Crippen LogP contribution is 2.28. The molecule has 1 heterocycles. The fraction of sp³-hybridized carbons (Fsp3) is 0.143. The first-order valence-corrected chi connectivity index (χ1v) is 7.17. The second-order valence-corrected chi connectivity index (χ2v) is 5.89. The Bertz CT molecular complexity index is 666. The summed E-state index contributed by atoms with van der Waals surface area (Å²) in [4.78, 5) is 23.7. The SMILES string of the molecule is Cc1cc(OCC(=O)Nc2ccc(Cl)cc2)c(C(=O)O)s1. The van der Waals surface area contributed by atoms with E-state index in [1.54, 1.807) is 37.3 Å². The molecule has 1 aromatic heterocycles. The zero-order valence-corrected chi connectivity index (χ0v) is 12.6. The normalized spacial score (nSPS) is 10.2. The summed E-state index contributed by atoms with van der Waals surface area (Å²) in [6, 6.07) is 8.24. The largest absolute Gasteiger partial charge is 0.482 e. The van der Waals surface area contributed by atoms with Gasteiger partial charge in [0.15, 0.2) is 11.5 Å². The van der Waals surface area contributed by atoms with Gasteiger partial charge in [0.25, 0.3) is 5.91 Å². The van der Waals surface area contributed by atoms with Crippen molar-refractivity contribution in [1.82, 2.24) is 0 Å². The first-order chi connectivity index (χ1) is 9.95. The lowest BCUT2D eigenvalue weighted by Gasteiger charge is -2.07. The van der Waals surface area contributed by atoms with Gasteiger partial charge < -0.3 is 15.2 Å². The van der Waals surface area contributed by atoms with Crippen molar-refractivity contribution in [2.75, 3.05) is 11.9 Å². The van der Waals surface area contributed by atoms with Gasteiger partial charge >= 0.3 is 5.97 Å². The third kappa shape index (κ3) is 4.21. The summed E-state index contributed by atoms with van der Waals surface area (Å²) in [7, 11) is 0. The summed E-state index contributed by atoms with van der Waals surface area (Å²) in [6.07, 6.45) is 0. The molecule has 1 amide bonds. The van der Waals surface area contributed by atoms with E-state index in [1.807, 2.05) is 0 Å². The van der Waals surface area contributed by atoms with Crippen LogP contribution >= 0.6 is 22.9 Å². The van der Waals surface area contributed by atoms with Gasteiger partial charge in [-0.3, -0.25) is 4.79 Å². The predicted molar refractivity (Wildman–Crippen MR) is 81.6 cm³/mol. The summed E-state index contributed by atoms with van der Waals surface area (Å²) < 4.78 is 5.27. The first kappa shape index (κ1) is 15.3. The molecule has 0 radical (unpaired) electrons. The van der Waals surface area contributed by atoms with Crippen LogP contribution in [0.4, 0.5) is 5.69 Å². The molecule has 2 N–H and O–H groups in total. The smallest absolute Gasteiger partial charge is 0.349 e. The van der Waals surface area contributed by atoms with E-state index in [2.05, 4.69) is 5.32 Å². The lowest BCUT2D eigenvalue weighted by atomic mass is 10.3. The molecule has 0 saturated carbocycles. The van der Waals surface area contributed by atoms with Gasteiger partial charge in [-0.15, -0.1) is 11.3 Å². The number of nitrogens with one attached hydrogen (secondary N) is 1. The molecule has 7 heteroatoms. The highest BCUT2D eigenvalue weighted by atomic mass is 35.5. The van der Waals surface area contributed by atoms with Crippen LogP contribution in [0, 0.1) is 6.92 Å². The lowest BCUT2D eigenvalue weighted by Crippen LogP contribution is -2.20. The molecule has 0 bridgehead atoms. The minimum atomic E-state index is -1.07. The first-order valence-electron chi connectivity index (χ1n) is 5.97. The number of ether oxygens (including phenoxy) is 1. The van der Waals surface area contributed by atoms with E-state index >= 15 is 0 Å². The Hall–Kier alpha value is -2.05. The van der Waals surface area contributed by atoms with Gasteiger partial charge in [0.2, 0.25) is 0 Å². The molecule has 21 heavy (non-hydrogen) atoms. The maximum atomic E-state index is 11.7. The van der Waals surface area contributed by atoms with Gasteiger partial charge in [-0.2, -0.15) is 0 Å². The van der Waals surface area contributed by atoms with Gasteiger partial charge in [-0.05, 0) is 37.3 Å². The van der Waals surface area contributed by atoms with Crippen molar-refractivity contribution in [2.24, 2.45) is 0 Å². The van der Waals surface area contributed by atoms with Gasteiger partial charge in [0.05, 0.1) is 0 Å². The number of carbonyl (C=O) groups is 2. The Balaban J connectivity index is 1.95. The zero-order chi connectivity index (χ0) is 15.4. The van der Waals surface area contributed by atoms with E-state index in [0.717, 1.165) is 16.2 Å². The maximum Gasteiger partial charge on any atom is 0.349 e. The molecule has 0 unspecified atom stereocenters. The number of hydrogen-bond acceptors (Lipinski definition) is 4. The molecule has 5 nitrogen and oxygen atoms in total. The molecule has 2 rings (SSSR count). The number of carboxylic acid groups (broad SMARTS) is 1. The average molecular weight is 326 g/mol. The molecule has 0 aliphatic heterocycles. The third-order valence-electron chi connectivity index (χ3n) is 2.50. The van der Waals surface area contributed by atoms with Crippen LogP contribution in [0.25, 0.3) is 0 Å². The Morgan fingerprint density at radius 3 is 2.62 bits per heavy atom. The van der Waals surface area contributed by atoms with E-state index < -0.39 is 5.97 Å². The van der Waals surface area contributed by atoms with Crippen LogP contribution in [0.3, 0.4) is 0 Å². The van der Waals surface area contributed by atoms with Gasteiger partial charge in [-0.1, -0.05) is 11.6 Å². The molecule has 110 valence electrons. The van der Waals surface area contributed by atoms with Crippen molar-refractivity contribution in [1.29, 1.82) is 0 Å². The third-order valence-corrected chi connectivity index (χ3v) is 3.77. The molecule has 0 fully saturated rings. The number of carbonyl (C=O) groups excluding carboxylic acids is 1. The van der Waals surface area contributed by atoms with Crippen LogP contribution in [0.2, 0.25) is 5.02 Å². The number of hydrogen-bond donors (Lipinski definition) is 2. The Labute approximate surface area is 130 Å². The van der Waals surface area contributed by atoms with Gasteiger partial charge in [0.1, 0.15) is 5.75 Å². The number of benzene rings is 1. The Morgan fingerprint density at radius 1 is 1.33 bits per heavy atom. The predicted octanol–water partition coefficient (Wildman–Crippen LogP) is 3.43. The molecule has 0 spiro atoms. The Morgan fingerprint density at radius 2 is 2.00 bits per heavy atom. The minimum absolute atomic E-state index is 0.0896. The van der Waals surface area contributed by atoms with E-state index in [4.69, 9.17) is 21.4 Å². The van der Waals surface area contributed by atoms with E-state index in [9.17, 15) is 9.59 Å². The monoisotopic (exact) mass is 325 g/mol. The molecular weight excluding hydrogens is 314 g/mol. The summed E-state index contributed by atoms with van der Waals surface area (Å²) in [6.45, 7) is 1.51. The number of rotatable bonds is 5. The van der Waals surface area contributed by atoms with Crippen molar-refractivity contribution < 1.29 is 19.4 Å². The molecule has 0 atom stereocenters. The standard InChI is InChI=1S/C14H12ClNO4S/c1-8-6-11(13(21-8)14(18)19)20-7-12(17)16-10-4-2-9(15)3-5-10/h2-6H,7H2,1H3,(H,16,17)(H,18,19). The van der Waals surface area contributed by atoms with Crippen molar-refractivity contribution in [3.63, 3.8) is 0 Å². The topological polar surface area (TPSA) is 75.6 Å². The second-order valence-electron chi connectivity index (χ2n) is 4.20. The molecule has 0 aliphatic carbocycles. The number of anilines is 1. The van der Waals surface area contributed by atoms with Gasteiger partial charge in [-0.25, -0.2) is 4.79 Å². The maximum absolute atomic E-state index is 11.7. The summed E-state index contributed by atoms with van der Waals surface area (Å²) >= 11 is 6.86. The molecule has 0 aliphatic rings. The summed E-state index contributed by atoms with van der Waals surface area (Å²) in [5.74, 6) is -1.24. The zero-order valence-electron chi connectivity index (χ0n) is 11.1. The fourth-order valence-corrected chi connectivity index (χ4v) is 2.54. The van der Waals surface area contributed by atoms with Gasteiger partial charge in [0, 0.05) is 15.6 Å². The number of carboxylic acids is 1. The van der Waals surface area contributed by atoms with Crippen LogP contribution in [0.1, 0.15) is 14.5 Å². The van der Waals surface area contributed by atoms with Crippen molar-refractivity contribution >= 4 is 40.5 Å². The van der Waals surface area contributed by atoms with Crippen LogP contribution in [0.15, 0.2) is 30.3 Å². The number of aromatic carboxylic acids is 1. The summed E-state index contributed by atoms with van der Waals surface area (Å²) in [5.41, 5.74) is 0.591. The molecular formula is C14H12ClNO4S. The summed E-state index contributed by atoms with van der Waals surface area (Å²) in [5, 5.41) is 12.2. The van der Waals surface area contributed by atoms with Crippen LogP contribution in [0.5, 0.6) is 5.75 Å². The van der Waals surface area contributed by atoms with E-state index in [0.29, 0.717) is 10.7 Å². The number of aryl methyl sites for hydroxylation is 1. The van der Waals surface area contributed by atoms with E-state index in [-0.39, 0.29) is 23.1 Å². The lowest BCUT2D eigenvalue weighted by molar-refractivity contribution is -0.118. The van der Waals surface area contributed by atoms with E-state index in [1.165, 1.54) is 0 Å². The molecule has 1 aromatic carbocycles. The highest BCUT2D eigenvalue weighted by molar-refractivity contribution is 7.14. The second kappa shape index (κ2) is 6.60. The number of amides is 1. The molecule has 0 saturated heterocycles.